The maximum atomic E-state index is 13.5. The normalized spacial score (nSPS) is 12.6. The number of rotatable bonds is 17. The Balaban J connectivity index is 2.35. The van der Waals surface area contributed by atoms with Crippen LogP contribution in [0, 0.1) is 5.92 Å². The SMILES string of the molecule is CCCN(CCC)C(=O)c1cc(C(N)=O)cc(C(=O)N[C@@H](Cc2cccc(OC)c2)[C@H](O)CNCCC(C)C)c1. The number of methoxy groups -OCH3 is 1. The van der Waals surface area contributed by atoms with E-state index in [9.17, 15) is 19.5 Å². The van der Waals surface area contributed by atoms with Crippen LogP contribution in [0.15, 0.2) is 42.5 Å². The smallest absolute Gasteiger partial charge is 0.253 e. The third-order valence-electron chi connectivity index (χ3n) is 6.62. The van der Waals surface area contributed by atoms with Gasteiger partial charge in [0.15, 0.2) is 0 Å². The summed E-state index contributed by atoms with van der Waals surface area (Å²) < 4.78 is 5.33. The van der Waals surface area contributed by atoms with E-state index in [4.69, 9.17) is 10.5 Å². The maximum absolute atomic E-state index is 13.5. The highest BCUT2D eigenvalue weighted by Crippen LogP contribution is 2.17. The summed E-state index contributed by atoms with van der Waals surface area (Å²) in [5, 5.41) is 17.3. The van der Waals surface area contributed by atoms with Crippen molar-refractivity contribution in [3.8, 4) is 5.75 Å². The molecule has 0 radical (unpaired) electrons. The van der Waals surface area contributed by atoms with Gasteiger partial charge in [0.05, 0.1) is 19.3 Å². The number of nitrogens with zero attached hydrogens (tertiary/aromatic N) is 1. The molecule has 9 heteroatoms. The van der Waals surface area contributed by atoms with Crippen LogP contribution in [0.4, 0.5) is 0 Å². The molecule has 0 aliphatic rings. The van der Waals surface area contributed by atoms with Crippen molar-refractivity contribution in [3.05, 3.63) is 64.7 Å². The number of hydrogen-bond donors (Lipinski definition) is 4. The summed E-state index contributed by atoms with van der Waals surface area (Å²) >= 11 is 0. The molecule has 2 rings (SSSR count). The fourth-order valence-corrected chi connectivity index (χ4v) is 4.43. The Hall–Kier alpha value is -3.43. The summed E-state index contributed by atoms with van der Waals surface area (Å²) in [5.74, 6) is -0.305. The van der Waals surface area contributed by atoms with Crippen LogP contribution in [0.1, 0.15) is 83.6 Å². The lowest BCUT2D eigenvalue weighted by Crippen LogP contribution is -2.49. The van der Waals surface area contributed by atoms with Gasteiger partial charge in [0.25, 0.3) is 11.8 Å². The van der Waals surface area contributed by atoms with E-state index in [2.05, 4.69) is 24.5 Å². The van der Waals surface area contributed by atoms with E-state index >= 15 is 0 Å². The number of carbonyl (C=O) groups excluding carboxylic acids is 3. The maximum Gasteiger partial charge on any atom is 0.253 e. The van der Waals surface area contributed by atoms with Gasteiger partial charge >= 0.3 is 0 Å². The van der Waals surface area contributed by atoms with Crippen molar-refractivity contribution in [2.45, 2.75) is 65.5 Å². The fourth-order valence-electron chi connectivity index (χ4n) is 4.43. The van der Waals surface area contributed by atoms with Gasteiger partial charge in [-0.3, -0.25) is 14.4 Å². The highest BCUT2D eigenvalue weighted by atomic mass is 16.5. The number of aliphatic hydroxyl groups excluding tert-OH is 1. The Morgan fingerprint density at radius 2 is 1.65 bits per heavy atom. The predicted octanol–water partition coefficient (Wildman–Crippen LogP) is 3.39. The first-order valence-electron chi connectivity index (χ1n) is 14.2. The van der Waals surface area contributed by atoms with Crippen LogP contribution in [0.5, 0.6) is 5.75 Å². The van der Waals surface area contributed by atoms with Crippen LogP contribution in [-0.2, 0) is 6.42 Å². The van der Waals surface area contributed by atoms with Crippen LogP contribution >= 0.6 is 0 Å². The zero-order valence-electron chi connectivity index (χ0n) is 24.5. The minimum atomic E-state index is -0.896. The topological polar surface area (TPSA) is 134 Å². The van der Waals surface area contributed by atoms with Gasteiger partial charge in [0, 0.05) is 36.3 Å². The average Bonchev–Trinajstić information content (AvgIpc) is 2.94. The highest BCUT2D eigenvalue weighted by Gasteiger charge is 2.25. The molecule has 9 nitrogen and oxygen atoms in total. The van der Waals surface area contributed by atoms with E-state index in [1.54, 1.807) is 12.0 Å². The number of primary amides is 1. The van der Waals surface area contributed by atoms with E-state index in [1.807, 2.05) is 38.1 Å². The summed E-state index contributed by atoms with van der Waals surface area (Å²) in [4.78, 5) is 40.6. The van der Waals surface area contributed by atoms with Crippen molar-refractivity contribution >= 4 is 17.7 Å². The number of benzene rings is 2. The molecule has 2 aromatic carbocycles. The van der Waals surface area contributed by atoms with Crippen LogP contribution in [-0.4, -0.2) is 73.2 Å². The standard InChI is InChI=1S/C31H46N4O5/c1-6-13-35(14-7-2)31(39)25-18-23(29(32)37)17-24(19-25)30(38)34-27(28(36)20-33-12-11-21(3)4)16-22-9-8-10-26(15-22)40-5/h8-10,15,17-19,21,27-28,33,36H,6-7,11-14,16,20H2,1-5H3,(H2,32,37)(H,34,38)/t27-,28+/m0/s1. The van der Waals surface area contributed by atoms with Crippen molar-refractivity contribution in [2.24, 2.45) is 11.7 Å². The average molecular weight is 555 g/mol. The minimum Gasteiger partial charge on any atom is -0.497 e. The summed E-state index contributed by atoms with van der Waals surface area (Å²) in [7, 11) is 1.58. The van der Waals surface area contributed by atoms with Gasteiger partial charge in [-0.05, 0) is 74.0 Å². The monoisotopic (exact) mass is 554 g/mol. The second-order valence-electron chi connectivity index (χ2n) is 10.5. The lowest BCUT2D eigenvalue weighted by atomic mass is 9.99. The molecule has 0 aliphatic carbocycles. The van der Waals surface area contributed by atoms with E-state index in [0.29, 0.717) is 31.2 Å². The third kappa shape index (κ3) is 10.3. The molecule has 0 fully saturated rings. The molecule has 0 unspecified atom stereocenters. The van der Waals surface area contributed by atoms with Gasteiger partial charge in [0.1, 0.15) is 5.75 Å². The number of nitrogens with two attached hydrogens (primary N) is 1. The molecule has 5 N–H and O–H groups in total. The predicted molar refractivity (Wildman–Crippen MR) is 158 cm³/mol. The van der Waals surface area contributed by atoms with Crippen molar-refractivity contribution < 1.29 is 24.2 Å². The molecule has 0 aliphatic heterocycles. The van der Waals surface area contributed by atoms with Crippen molar-refractivity contribution in [3.63, 3.8) is 0 Å². The lowest BCUT2D eigenvalue weighted by Gasteiger charge is -2.26. The summed E-state index contributed by atoms with van der Waals surface area (Å²) in [6, 6.07) is 11.1. The quantitative estimate of drug-likeness (QED) is 0.222. The largest absolute Gasteiger partial charge is 0.497 e. The summed E-state index contributed by atoms with van der Waals surface area (Å²) in [5.41, 5.74) is 6.86. The van der Waals surface area contributed by atoms with E-state index in [1.165, 1.54) is 18.2 Å². The van der Waals surface area contributed by atoms with Gasteiger partial charge in [-0.2, -0.15) is 0 Å². The van der Waals surface area contributed by atoms with Crippen LogP contribution < -0.4 is 21.1 Å². The second kappa shape index (κ2) is 16.6. The number of aliphatic hydroxyl groups is 1. The molecular formula is C31H46N4O5. The molecule has 0 heterocycles. The highest BCUT2D eigenvalue weighted by molar-refractivity contribution is 6.04. The van der Waals surface area contributed by atoms with Gasteiger partial charge in [0.2, 0.25) is 5.91 Å². The first-order chi connectivity index (χ1) is 19.1. The molecule has 0 saturated heterocycles. The number of carbonyl (C=O) groups is 3. The van der Waals surface area contributed by atoms with Crippen LogP contribution in [0.3, 0.4) is 0 Å². The molecule has 0 aromatic heterocycles. The summed E-state index contributed by atoms with van der Waals surface area (Å²) in [6.07, 6.45) is 1.97. The molecule has 40 heavy (non-hydrogen) atoms. The third-order valence-corrected chi connectivity index (χ3v) is 6.62. The number of nitrogens with one attached hydrogen (secondary N) is 2. The molecule has 0 spiro atoms. The van der Waals surface area contributed by atoms with Crippen molar-refractivity contribution in [2.75, 3.05) is 33.3 Å². The lowest BCUT2D eigenvalue weighted by molar-refractivity contribution is 0.0755. The first kappa shape index (κ1) is 32.8. The first-order valence-corrected chi connectivity index (χ1v) is 14.2. The minimum absolute atomic E-state index is 0.0733. The van der Waals surface area contributed by atoms with E-state index in [0.717, 1.165) is 31.4 Å². The van der Waals surface area contributed by atoms with Crippen LogP contribution in [0.2, 0.25) is 0 Å². The molecule has 0 bridgehead atoms. The Kier molecular flexibility index (Phi) is 13.6. The van der Waals surface area contributed by atoms with Crippen molar-refractivity contribution in [1.29, 1.82) is 0 Å². The van der Waals surface area contributed by atoms with Gasteiger partial charge in [-0.1, -0.05) is 39.8 Å². The molecule has 3 amide bonds. The second-order valence-corrected chi connectivity index (χ2v) is 10.5. The summed E-state index contributed by atoms with van der Waals surface area (Å²) in [6.45, 7) is 10.4. The van der Waals surface area contributed by atoms with Gasteiger partial charge in [-0.25, -0.2) is 0 Å². The fraction of sp³-hybridized carbons (Fsp3) is 0.516. The molecule has 2 atom stereocenters. The van der Waals surface area contributed by atoms with E-state index in [-0.39, 0.29) is 29.1 Å². The number of ether oxygens (including phenoxy) is 1. The zero-order chi connectivity index (χ0) is 29.7. The number of hydrogen-bond acceptors (Lipinski definition) is 6. The Morgan fingerprint density at radius 1 is 1.00 bits per heavy atom. The molecule has 0 saturated carbocycles. The Morgan fingerprint density at radius 3 is 2.25 bits per heavy atom. The van der Waals surface area contributed by atoms with E-state index < -0.39 is 24.0 Å². The Bertz CT molecular complexity index is 1110. The van der Waals surface area contributed by atoms with Crippen molar-refractivity contribution in [1.82, 2.24) is 15.5 Å². The Labute approximate surface area is 238 Å². The molecular weight excluding hydrogens is 508 g/mol. The zero-order valence-corrected chi connectivity index (χ0v) is 24.5. The molecule has 220 valence electrons. The van der Waals surface area contributed by atoms with Gasteiger partial charge in [-0.15, -0.1) is 0 Å². The molecule has 2 aromatic rings. The van der Waals surface area contributed by atoms with Gasteiger partial charge < -0.3 is 31.1 Å². The number of amides is 3. The van der Waals surface area contributed by atoms with Crippen LogP contribution in [0.25, 0.3) is 0 Å².